The van der Waals surface area contributed by atoms with Crippen LogP contribution in [0.1, 0.15) is 39.0 Å². The summed E-state index contributed by atoms with van der Waals surface area (Å²) in [7, 11) is 0. The SMILES string of the molecule is C[C@H]1CCCCN1C(=O)C1CCN(c2ccccc2[N+](=O)[O-])CC1. The Morgan fingerprint density at radius 3 is 2.50 bits per heavy atom. The summed E-state index contributed by atoms with van der Waals surface area (Å²) in [5, 5.41) is 11.2. The zero-order chi connectivity index (χ0) is 17.1. The number of nitro benzene ring substituents is 1. The van der Waals surface area contributed by atoms with Crippen molar-refractivity contribution in [2.45, 2.75) is 45.1 Å². The van der Waals surface area contributed by atoms with Gasteiger partial charge in [0.25, 0.3) is 5.69 Å². The van der Waals surface area contributed by atoms with E-state index in [9.17, 15) is 14.9 Å². The number of amides is 1. The fourth-order valence-electron chi connectivity index (χ4n) is 3.91. The van der Waals surface area contributed by atoms with Crippen LogP contribution < -0.4 is 4.90 Å². The molecule has 6 nitrogen and oxygen atoms in total. The van der Waals surface area contributed by atoms with Crippen LogP contribution in [0.25, 0.3) is 0 Å². The van der Waals surface area contributed by atoms with Gasteiger partial charge in [-0.1, -0.05) is 12.1 Å². The quantitative estimate of drug-likeness (QED) is 0.630. The van der Waals surface area contributed by atoms with Gasteiger partial charge in [0.1, 0.15) is 5.69 Å². The normalized spacial score (nSPS) is 22.5. The number of carbonyl (C=O) groups excluding carboxylic acids is 1. The van der Waals surface area contributed by atoms with Gasteiger partial charge in [0, 0.05) is 37.7 Å². The van der Waals surface area contributed by atoms with E-state index in [2.05, 4.69) is 11.8 Å². The van der Waals surface area contributed by atoms with Crippen LogP contribution in [0.4, 0.5) is 11.4 Å². The third kappa shape index (κ3) is 3.37. The zero-order valence-corrected chi connectivity index (χ0v) is 14.2. The van der Waals surface area contributed by atoms with Crippen LogP contribution in [0.3, 0.4) is 0 Å². The molecule has 0 unspecified atom stereocenters. The Labute approximate surface area is 142 Å². The fourth-order valence-corrected chi connectivity index (χ4v) is 3.91. The van der Waals surface area contributed by atoms with Crippen molar-refractivity contribution in [1.29, 1.82) is 0 Å². The van der Waals surface area contributed by atoms with Crippen molar-refractivity contribution in [3.8, 4) is 0 Å². The van der Waals surface area contributed by atoms with Crippen LogP contribution in [0.5, 0.6) is 0 Å². The first-order chi connectivity index (χ1) is 11.6. The summed E-state index contributed by atoms with van der Waals surface area (Å²) in [4.78, 5) is 27.7. The number of anilines is 1. The zero-order valence-electron chi connectivity index (χ0n) is 14.2. The van der Waals surface area contributed by atoms with E-state index in [1.165, 1.54) is 6.42 Å². The summed E-state index contributed by atoms with van der Waals surface area (Å²) in [6.45, 7) is 4.41. The number of likely N-dealkylation sites (tertiary alicyclic amines) is 1. The van der Waals surface area contributed by atoms with E-state index in [4.69, 9.17) is 0 Å². The van der Waals surface area contributed by atoms with E-state index < -0.39 is 0 Å². The molecule has 0 bridgehead atoms. The van der Waals surface area contributed by atoms with Gasteiger partial charge >= 0.3 is 0 Å². The van der Waals surface area contributed by atoms with Crippen molar-refractivity contribution >= 4 is 17.3 Å². The second-order valence-corrected chi connectivity index (χ2v) is 6.88. The molecule has 2 fully saturated rings. The smallest absolute Gasteiger partial charge is 0.292 e. The van der Waals surface area contributed by atoms with Crippen molar-refractivity contribution in [2.24, 2.45) is 5.92 Å². The Balaban J connectivity index is 1.64. The summed E-state index contributed by atoms with van der Waals surface area (Å²) >= 11 is 0. The summed E-state index contributed by atoms with van der Waals surface area (Å²) in [6, 6.07) is 7.21. The first kappa shape index (κ1) is 16.7. The summed E-state index contributed by atoms with van der Waals surface area (Å²) in [6.07, 6.45) is 4.95. The van der Waals surface area contributed by atoms with Crippen LogP contribution >= 0.6 is 0 Å². The van der Waals surface area contributed by atoms with Crippen LogP contribution in [0.15, 0.2) is 24.3 Å². The number of para-hydroxylation sites is 2. The Hall–Kier alpha value is -2.11. The van der Waals surface area contributed by atoms with E-state index in [1.54, 1.807) is 18.2 Å². The molecule has 1 aromatic carbocycles. The number of piperidine rings is 2. The van der Waals surface area contributed by atoms with Crippen molar-refractivity contribution in [3.05, 3.63) is 34.4 Å². The lowest BCUT2D eigenvalue weighted by atomic mass is 9.92. The van der Waals surface area contributed by atoms with Gasteiger partial charge in [-0.3, -0.25) is 14.9 Å². The molecule has 130 valence electrons. The van der Waals surface area contributed by atoms with Crippen LogP contribution in [-0.2, 0) is 4.79 Å². The molecule has 1 atom stereocenters. The molecule has 2 saturated heterocycles. The predicted molar refractivity (Wildman–Crippen MR) is 93.1 cm³/mol. The molecular formula is C18H25N3O3. The second-order valence-electron chi connectivity index (χ2n) is 6.88. The van der Waals surface area contributed by atoms with Gasteiger partial charge in [-0.25, -0.2) is 0 Å². The van der Waals surface area contributed by atoms with Gasteiger partial charge in [0.2, 0.25) is 5.91 Å². The molecule has 1 amide bonds. The molecule has 0 spiro atoms. The van der Waals surface area contributed by atoms with Gasteiger partial charge in [0.15, 0.2) is 0 Å². The average molecular weight is 331 g/mol. The number of carbonyl (C=O) groups is 1. The van der Waals surface area contributed by atoms with E-state index in [-0.39, 0.29) is 22.4 Å². The maximum Gasteiger partial charge on any atom is 0.292 e. The summed E-state index contributed by atoms with van der Waals surface area (Å²) in [5.74, 6) is 0.342. The molecule has 0 radical (unpaired) electrons. The summed E-state index contributed by atoms with van der Waals surface area (Å²) < 4.78 is 0. The Morgan fingerprint density at radius 1 is 1.12 bits per heavy atom. The average Bonchev–Trinajstić information content (AvgIpc) is 2.62. The molecular weight excluding hydrogens is 306 g/mol. The highest BCUT2D eigenvalue weighted by molar-refractivity contribution is 5.79. The number of hydrogen-bond donors (Lipinski definition) is 0. The van der Waals surface area contributed by atoms with Gasteiger partial charge in [-0.05, 0) is 45.1 Å². The third-order valence-electron chi connectivity index (χ3n) is 5.35. The number of hydrogen-bond acceptors (Lipinski definition) is 4. The second kappa shape index (κ2) is 7.20. The minimum Gasteiger partial charge on any atom is -0.366 e. The lowest BCUT2D eigenvalue weighted by Gasteiger charge is -2.39. The monoisotopic (exact) mass is 331 g/mol. The van der Waals surface area contributed by atoms with Crippen LogP contribution in [-0.4, -0.2) is 41.4 Å². The van der Waals surface area contributed by atoms with Gasteiger partial charge in [-0.15, -0.1) is 0 Å². The first-order valence-electron chi connectivity index (χ1n) is 8.87. The molecule has 2 aliphatic heterocycles. The minimum absolute atomic E-state index is 0.0598. The highest BCUT2D eigenvalue weighted by atomic mass is 16.6. The van der Waals surface area contributed by atoms with Gasteiger partial charge in [-0.2, -0.15) is 0 Å². The Kier molecular flexibility index (Phi) is 5.02. The topological polar surface area (TPSA) is 66.7 Å². The standard InChI is InChI=1S/C18H25N3O3/c1-14-6-4-5-11-20(14)18(22)15-9-12-19(13-10-15)16-7-2-3-8-17(16)21(23)24/h2-3,7-8,14-15H,4-6,9-13H2,1H3/t14-/m0/s1. The van der Waals surface area contributed by atoms with E-state index >= 15 is 0 Å². The van der Waals surface area contributed by atoms with Crippen molar-refractivity contribution in [3.63, 3.8) is 0 Å². The van der Waals surface area contributed by atoms with Gasteiger partial charge < -0.3 is 9.80 Å². The molecule has 6 heteroatoms. The fraction of sp³-hybridized carbons (Fsp3) is 0.611. The highest BCUT2D eigenvalue weighted by Crippen LogP contribution is 2.32. The molecule has 24 heavy (non-hydrogen) atoms. The van der Waals surface area contributed by atoms with Crippen molar-refractivity contribution in [1.82, 2.24) is 4.90 Å². The maximum absolute atomic E-state index is 12.8. The van der Waals surface area contributed by atoms with Gasteiger partial charge in [0.05, 0.1) is 4.92 Å². The lowest BCUT2D eigenvalue weighted by Crippen LogP contribution is -2.47. The molecule has 1 aromatic rings. The van der Waals surface area contributed by atoms with E-state index in [1.807, 2.05) is 11.0 Å². The first-order valence-corrected chi connectivity index (χ1v) is 8.87. The van der Waals surface area contributed by atoms with E-state index in [0.717, 1.165) is 32.2 Å². The molecule has 2 heterocycles. The Bertz CT molecular complexity index is 611. The number of nitro groups is 1. The largest absolute Gasteiger partial charge is 0.366 e. The predicted octanol–water partition coefficient (Wildman–Crippen LogP) is 3.21. The Morgan fingerprint density at radius 2 is 1.83 bits per heavy atom. The number of benzene rings is 1. The summed E-state index contributed by atoms with van der Waals surface area (Å²) in [5.41, 5.74) is 0.812. The molecule has 0 saturated carbocycles. The van der Waals surface area contributed by atoms with Crippen LogP contribution in [0.2, 0.25) is 0 Å². The lowest BCUT2D eigenvalue weighted by molar-refractivity contribution is -0.384. The minimum atomic E-state index is -0.331. The highest BCUT2D eigenvalue weighted by Gasteiger charge is 2.33. The van der Waals surface area contributed by atoms with Crippen LogP contribution in [0, 0.1) is 16.0 Å². The number of nitrogens with zero attached hydrogens (tertiary/aromatic N) is 3. The van der Waals surface area contributed by atoms with Crippen molar-refractivity contribution < 1.29 is 9.72 Å². The van der Waals surface area contributed by atoms with Crippen molar-refractivity contribution in [2.75, 3.05) is 24.5 Å². The number of rotatable bonds is 3. The molecule has 2 aliphatic rings. The van der Waals surface area contributed by atoms with E-state index in [0.29, 0.717) is 24.8 Å². The third-order valence-corrected chi connectivity index (χ3v) is 5.35. The maximum atomic E-state index is 12.8. The molecule has 0 N–H and O–H groups in total. The molecule has 0 aliphatic carbocycles. The molecule has 3 rings (SSSR count). The molecule has 0 aromatic heterocycles.